The van der Waals surface area contributed by atoms with Crippen molar-refractivity contribution in [2.45, 2.75) is 31.5 Å². The average molecular weight is 310 g/mol. The molecule has 1 aliphatic rings. The molecule has 1 fully saturated rings. The highest BCUT2D eigenvalue weighted by atomic mass is 16.5. The van der Waals surface area contributed by atoms with Crippen molar-refractivity contribution in [3.63, 3.8) is 0 Å². The number of ether oxygens (including phenoxy) is 1. The molecule has 0 aromatic heterocycles. The van der Waals surface area contributed by atoms with Crippen molar-refractivity contribution in [1.82, 2.24) is 10.2 Å². The lowest BCUT2D eigenvalue weighted by Gasteiger charge is -2.40. The lowest BCUT2D eigenvalue weighted by molar-refractivity contribution is 0.141. The summed E-state index contributed by atoms with van der Waals surface area (Å²) in [5.41, 5.74) is 2.61. The maximum atomic E-state index is 5.47. The van der Waals surface area contributed by atoms with E-state index in [9.17, 15) is 0 Å². The van der Waals surface area contributed by atoms with E-state index in [0.29, 0.717) is 12.1 Å². The zero-order chi connectivity index (χ0) is 16.1. The Morgan fingerprint density at radius 3 is 2.61 bits per heavy atom. The molecule has 0 spiro atoms. The van der Waals surface area contributed by atoms with Crippen LogP contribution >= 0.6 is 0 Å². The predicted octanol–water partition coefficient (Wildman–Crippen LogP) is 3.62. The first-order valence-electron chi connectivity index (χ1n) is 8.40. The molecule has 2 aromatic rings. The van der Waals surface area contributed by atoms with E-state index in [1.54, 1.807) is 7.11 Å². The Morgan fingerprint density at radius 2 is 1.83 bits per heavy atom. The molecule has 0 saturated carbocycles. The standard InChI is InChI=1S/C20H26N2O/c1-22-14-8-12-18(20(22)16-9-4-3-5-10-16)21-15-17-11-6-7-13-19(17)23-2/h3-7,9-11,13,18,20-21H,8,12,14-15H2,1-2H3/t18-,20-/m0/s1. The van der Waals surface area contributed by atoms with Crippen LogP contribution in [-0.4, -0.2) is 31.6 Å². The van der Waals surface area contributed by atoms with Crippen molar-refractivity contribution < 1.29 is 4.74 Å². The number of likely N-dealkylation sites (tertiary alicyclic amines) is 1. The van der Waals surface area contributed by atoms with Gasteiger partial charge in [-0.05, 0) is 38.1 Å². The van der Waals surface area contributed by atoms with Gasteiger partial charge < -0.3 is 10.1 Å². The van der Waals surface area contributed by atoms with Gasteiger partial charge in [-0.2, -0.15) is 0 Å². The molecule has 0 aliphatic carbocycles. The van der Waals surface area contributed by atoms with Crippen LogP contribution < -0.4 is 10.1 Å². The zero-order valence-electron chi connectivity index (χ0n) is 14.0. The second kappa shape index (κ2) is 7.62. The Morgan fingerprint density at radius 1 is 1.09 bits per heavy atom. The summed E-state index contributed by atoms with van der Waals surface area (Å²) in [6, 6.07) is 20.0. The lowest BCUT2D eigenvalue weighted by atomic mass is 9.90. The van der Waals surface area contributed by atoms with E-state index >= 15 is 0 Å². The van der Waals surface area contributed by atoms with E-state index in [4.69, 9.17) is 4.74 Å². The number of nitrogens with one attached hydrogen (secondary N) is 1. The molecule has 1 N–H and O–H groups in total. The van der Waals surface area contributed by atoms with E-state index in [-0.39, 0.29) is 0 Å². The topological polar surface area (TPSA) is 24.5 Å². The van der Waals surface area contributed by atoms with Crippen molar-refractivity contribution in [3.8, 4) is 5.75 Å². The van der Waals surface area contributed by atoms with Gasteiger partial charge in [0, 0.05) is 24.2 Å². The summed E-state index contributed by atoms with van der Waals surface area (Å²) in [6.45, 7) is 2.00. The van der Waals surface area contributed by atoms with Gasteiger partial charge in [0.15, 0.2) is 0 Å². The van der Waals surface area contributed by atoms with E-state index < -0.39 is 0 Å². The van der Waals surface area contributed by atoms with E-state index in [1.165, 1.54) is 24.0 Å². The van der Waals surface area contributed by atoms with Crippen LogP contribution in [0.2, 0.25) is 0 Å². The SMILES string of the molecule is COc1ccccc1CN[C@H]1CCCN(C)[C@H]1c1ccccc1. The molecule has 3 heteroatoms. The molecule has 23 heavy (non-hydrogen) atoms. The Kier molecular flexibility index (Phi) is 5.31. The second-order valence-corrected chi connectivity index (χ2v) is 6.28. The number of likely N-dealkylation sites (N-methyl/N-ethyl adjacent to an activating group) is 1. The number of para-hydroxylation sites is 1. The van der Waals surface area contributed by atoms with E-state index in [0.717, 1.165) is 18.8 Å². The summed E-state index contributed by atoms with van der Waals surface area (Å²) in [7, 11) is 3.97. The summed E-state index contributed by atoms with van der Waals surface area (Å²) in [5, 5.41) is 3.77. The fourth-order valence-electron chi connectivity index (χ4n) is 3.61. The first-order valence-corrected chi connectivity index (χ1v) is 8.40. The van der Waals surface area contributed by atoms with Crippen LogP contribution in [0.15, 0.2) is 54.6 Å². The van der Waals surface area contributed by atoms with Crippen molar-refractivity contribution in [2.24, 2.45) is 0 Å². The molecular formula is C20H26N2O. The molecule has 3 nitrogen and oxygen atoms in total. The first kappa shape index (κ1) is 16.0. The quantitative estimate of drug-likeness (QED) is 0.913. The first-order chi connectivity index (χ1) is 11.3. The van der Waals surface area contributed by atoms with Gasteiger partial charge in [-0.1, -0.05) is 48.5 Å². The molecule has 0 bridgehead atoms. The second-order valence-electron chi connectivity index (χ2n) is 6.28. The van der Waals surface area contributed by atoms with Gasteiger partial charge in [-0.3, -0.25) is 4.90 Å². The van der Waals surface area contributed by atoms with Crippen LogP contribution in [0, 0.1) is 0 Å². The Bertz CT molecular complexity index is 614. The normalized spacial score (nSPS) is 22.0. The van der Waals surface area contributed by atoms with Crippen molar-refractivity contribution >= 4 is 0 Å². The molecule has 3 rings (SSSR count). The largest absolute Gasteiger partial charge is 0.496 e. The zero-order valence-corrected chi connectivity index (χ0v) is 14.0. The Hall–Kier alpha value is -1.84. The number of benzene rings is 2. The predicted molar refractivity (Wildman–Crippen MR) is 94.7 cm³/mol. The van der Waals surface area contributed by atoms with Gasteiger partial charge in [0.2, 0.25) is 0 Å². The van der Waals surface area contributed by atoms with Crippen LogP contribution in [0.1, 0.15) is 30.0 Å². The lowest BCUT2D eigenvalue weighted by Crippen LogP contribution is -2.46. The molecule has 0 amide bonds. The summed E-state index contributed by atoms with van der Waals surface area (Å²) in [5.74, 6) is 0.959. The Labute approximate surface area is 139 Å². The summed E-state index contributed by atoms with van der Waals surface area (Å²) in [6.07, 6.45) is 2.45. The number of piperidine rings is 1. The summed E-state index contributed by atoms with van der Waals surface area (Å²) >= 11 is 0. The molecule has 122 valence electrons. The fraction of sp³-hybridized carbons (Fsp3) is 0.400. The van der Waals surface area contributed by atoms with Crippen molar-refractivity contribution in [3.05, 3.63) is 65.7 Å². The molecule has 1 saturated heterocycles. The van der Waals surface area contributed by atoms with Crippen molar-refractivity contribution in [1.29, 1.82) is 0 Å². The molecule has 1 aliphatic heterocycles. The smallest absolute Gasteiger partial charge is 0.123 e. The number of hydrogen-bond acceptors (Lipinski definition) is 3. The van der Waals surface area contributed by atoms with E-state index in [2.05, 4.69) is 59.7 Å². The minimum atomic E-state index is 0.430. The number of rotatable bonds is 5. The minimum absolute atomic E-state index is 0.430. The van der Waals surface area contributed by atoms with Crippen LogP contribution in [-0.2, 0) is 6.54 Å². The molecular weight excluding hydrogens is 284 g/mol. The monoisotopic (exact) mass is 310 g/mol. The molecule has 2 atom stereocenters. The molecule has 0 radical (unpaired) electrons. The molecule has 2 aromatic carbocycles. The van der Waals surface area contributed by atoms with Gasteiger partial charge in [0.25, 0.3) is 0 Å². The third-order valence-corrected chi connectivity index (χ3v) is 4.77. The molecule has 1 heterocycles. The number of hydrogen-bond donors (Lipinski definition) is 1. The highest BCUT2D eigenvalue weighted by Crippen LogP contribution is 2.30. The maximum absolute atomic E-state index is 5.47. The minimum Gasteiger partial charge on any atom is -0.496 e. The summed E-state index contributed by atoms with van der Waals surface area (Å²) in [4.78, 5) is 2.47. The van der Waals surface area contributed by atoms with Gasteiger partial charge in [-0.25, -0.2) is 0 Å². The van der Waals surface area contributed by atoms with Crippen LogP contribution in [0.25, 0.3) is 0 Å². The number of nitrogens with zero attached hydrogens (tertiary/aromatic N) is 1. The highest BCUT2D eigenvalue weighted by molar-refractivity contribution is 5.33. The van der Waals surface area contributed by atoms with Crippen LogP contribution in [0.5, 0.6) is 5.75 Å². The fourth-order valence-corrected chi connectivity index (χ4v) is 3.61. The van der Waals surface area contributed by atoms with Gasteiger partial charge in [0.1, 0.15) is 5.75 Å². The van der Waals surface area contributed by atoms with Gasteiger partial charge >= 0.3 is 0 Å². The highest BCUT2D eigenvalue weighted by Gasteiger charge is 2.30. The number of methoxy groups -OCH3 is 1. The molecule has 0 unspecified atom stereocenters. The summed E-state index contributed by atoms with van der Waals surface area (Å²) < 4.78 is 5.47. The average Bonchev–Trinajstić information content (AvgIpc) is 2.61. The Balaban J connectivity index is 1.74. The third kappa shape index (κ3) is 3.74. The van der Waals surface area contributed by atoms with Crippen molar-refractivity contribution in [2.75, 3.05) is 20.7 Å². The van der Waals surface area contributed by atoms with Crippen LogP contribution in [0.3, 0.4) is 0 Å². The van der Waals surface area contributed by atoms with Crippen LogP contribution in [0.4, 0.5) is 0 Å². The third-order valence-electron chi connectivity index (χ3n) is 4.77. The maximum Gasteiger partial charge on any atom is 0.123 e. The van der Waals surface area contributed by atoms with E-state index in [1.807, 2.05) is 12.1 Å². The van der Waals surface area contributed by atoms with Gasteiger partial charge in [0.05, 0.1) is 7.11 Å². The van der Waals surface area contributed by atoms with Gasteiger partial charge in [-0.15, -0.1) is 0 Å².